The minimum absolute atomic E-state index is 0.494. The van der Waals surface area contributed by atoms with E-state index in [9.17, 15) is 0 Å². The van der Waals surface area contributed by atoms with Crippen molar-refractivity contribution in [2.75, 3.05) is 20.8 Å². The van der Waals surface area contributed by atoms with Crippen LogP contribution in [0.2, 0.25) is 10.0 Å². The maximum absolute atomic E-state index is 5.87. The van der Waals surface area contributed by atoms with Crippen molar-refractivity contribution in [3.63, 3.8) is 0 Å². The smallest absolute Gasteiger partial charge is 0.122 e. The van der Waals surface area contributed by atoms with E-state index in [2.05, 4.69) is 0 Å². The van der Waals surface area contributed by atoms with Gasteiger partial charge in [-0.3, -0.25) is 0 Å². The first-order valence-corrected chi connectivity index (χ1v) is 7.85. The molecular weight excluding hydrogens is 335 g/mol. The Kier molecular flexibility index (Phi) is 8.81. The van der Waals surface area contributed by atoms with Crippen LogP contribution in [0.5, 0.6) is 11.5 Å². The summed E-state index contributed by atoms with van der Waals surface area (Å²) in [6, 6.07) is 11.0. The van der Waals surface area contributed by atoms with Crippen LogP contribution in [0, 0.1) is 0 Å². The summed E-state index contributed by atoms with van der Waals surface area (Å²) in [5.74, 6) is 1.55. The largest absolute Gasteiger partial charge is 0.497 e. The average molecular weight is 357 g/mol. The van der Waals surface area contributed by atoms with E-state index in [4.69, 9.17) is 44.1 Å². The van der Waals surface area contributed by atoms with Gasteiger partial charge in [-0.25, -0.2) is 0 Å². The van der Waals surface area contributed by atoms with Gasteiger partial charge in [0.25, 0.3) is 0 Å². The van der Waals surface area contributed by atoms with E-state index in [0.29, 0.717) is 23.1 Å². The van der Waals surface area contributed by atoms with Gasteiger partial charge in [-0.15, -0.1) is 0 Å². The fourth-order valence-electron chi connectivity index (χ4n) is 1.86. The van der Waals surface area contributed by atoms with E-state index in [-0.39, 0.29) is 0 Å². The Morgan fingerprint density at radius 2 is 1.52 bits per heavy atom. The Hall–Kier alpha value is -1.46. The number of nitrogens with two attached hydrogens (primary N) is 2. The number of hydrogen-bond acceptors (Lipinski definition) is 4. The lowest BCUT2D eigenvalue weighted by Crippen LogP contribution is -2.02. The zero-order chi connectivity index (χ0) is 17.2. The Morgan fingerprint density at radius 1 is 0.913 bits per heavy atom. The SMILES string of the molecule is COc1cc(CN)cc(OC)c1.NCCc1ccc(Cl)cc1Cl. The van der Waals surface area contributed by atoms with Crippen molar-refractivity contribution in [3.05, 3.63) is 57.6 Å². The van der Waals surface area contributed by atoms with Crippen LogP contribution in [0.15, 0.2) is 36.4 Å². The first-order chi connectivity index (χ1) is 11.0. The van der Waals surface area contributed by atoms with Gasteiger partial charge in [0, 0.05) is 22.7 Å². The second-order valence-electron chi connectivity index (χ2n) is 4.70. The summed E-state index contributed by atoms with van der Waals surface area (Å²) in [6.45, 7) is 1.11. The molecule has 0 fully saturated rings. The van der Waals surface area contributed by atoms with Crippen LogP contribution in [0.1, 0.15) is 11.1 Å². The van der Waals surface area contributed by atoms with E-state index >= 15 is 0 Å². The van der Waals surface area contributed by atoms with Crippen LogP contribution in [0.3, 0.4) is 0 Å². The Labute approximate surface area is 147 Å². The van der Waals surface area contributed by atoms with Gasteiger partial charge in [0.2, 0.25) is 0 Å². The molecule has 0 bridgehead atoms. The van der Waals surface area contributed by atoms with Crippen LogP contribution < -0.4 is 20.9 Å². The van der Waals surface area contributed by atoms with Gasteiger partial charge >= 0.3 is 0 Å². The van der Waals surface area contributed by atoms with E-state index < -0.39 is 0 Å². The number of ether oxygens (including phenoxy) is 2. The standard InChI is InChI=1S/C9H13NO2.C8H9Cl2N/c1-11-8-3-7(6-10)4-9(5-8)12-2;9-7-2-1-6(3-4-11)8(10)5-7/h3-5H,6,10H2,1-2H3;1-2,5H,3-4,11H2. The van der Waals surface area contributed by atoms with Crippen LogP contribution in [0.4, 0.5) is 0 Å². The second kappa shape index (κ2) is 10.3. The Bertz CT molecular complexity index is 566. The monoisotopic (exact) mass is 356 g/mol. The van der Waals surface area contributed by atoms with Gasteiger partial charge in [0.1, 0.15) is 11.5 Å². The summed E-state index contributed by atoms with van der Waals surface area (Å²) in [5.41, 5.74) is 12.9. The summed E-state index contributed by atoms with van der Waals surface area (Å²) >= 11 is 11.6. The lowest BCUT2D eigenvalue weighted by Gasteiger charge is -2.06. The molecule has 0 aliphatic rings. The van der Waals surface area contributed by atoms with E-state index in [0.717, 1.165) is 29.0 Å². The molecule has 4 nitrogen and oxygen atoms in total. The summed E-state index contributed by atoms with van der Waals surface area (Å²) in [5, 5.41) is 1.36. The summed E-state index contributed by atoms with van der Waals surface area (Å²) < 4.78 is 10.1. The highest BCUT2D eigenvalue weighted by molar-refractivity contribution is 6.35. The molecule has 0 amide bonds. The first-order valence-electron chi connectivity index (χ1n) is 7.10. The van der Waals surface area contributed by atoms with Gasteiger partial charge in [-0.2, -0.15) is 0 Å². The third-order valence-corrected chi connectivity index (χ3v) is 3.66. The fourth-order valence-corrected chi connectivity index (χ4v) is 2.37. The fraction of sp³-hybridized carbons (Fsp3) is 0.294. The highest BCUT2D eigenvalue weighted by atomic mass is 35.5. The normalized spacial score (nSPS) is 9.83. The molecule has 2 aromatic carbocycles. The van der Waals surface area contributed by atoms with Crippen molar-refractivity contribution < 1.29 is 9.47 Å². The lowest BCUT2D eigenvalue weighted by molar-refractivity contribution is 0.393. The summed E-state index contributed by atoms with van der Waals surface area (Å²) in [6.07, 6.45) is 0.802. The minimum Gasteiger partial charge on any atom is -0.497 e. The molecule has 4 N–H and O–H groups in total. The zero-order valence-corrected chi connectivity index (χ0v) is 14.8. The molecule has 6 heteroatoms. The van der Waals surface area contributed by atoms with E-state index in [1.165, 1.54) is 0 Å². The molecule has 126 valence electrons. The van der Waals surface area contributed by atoms with Gasteiger partial charge in [0.15, 0.2) is 0 Å². The highest BCUT2D eigenvalue weighted by Crippen LogP contribution is 2.22. The number of rotatable bonds is 5. The molecule has 0 saturated carbocycles. The van der Waals surface area contributed by atoms with Gasteiger partial charge < -0.3 is 20.9 Å². The predicted molar refractivity (Wildman–Crippen MR) is 96.7 cm³/mol. The Morgan fingerprint density at radius 3 is 1.96 bits per heavy atom. The molecule has 0 spiro atoms. The molecule has 0 aliphatic heterocycles. The highest BCUT2D eigenvalue weighted by Gasteiger charge is 1.99. The predicted octanol–water partition coefficient (Wildman–Crippen LogP) is 3.66. The van der Waals surface area contributed by atoms with Gasteiger partial charge in [-0.05, 0) is 48.4 Å². The van der Waals surface area contributed by atoms with Gasteiger partial charge in [-0.1, -0.05) is 29.3 Å². The van der Waals surface area contributed by atoms with Crippen LogP contribution >= 0.6 is 23.2 Å². The van der Waals surface area contributed by atoms with Crippen LogP contribution in [-0.2, 0) is 13.0 Å². The summed E-state index contributed by atoms with van der Waals surface area (Å²) in [7, 11) is 3.24. The molecule has 0 aliphatic carbocycles. The summed E-state index contributed by atoms with van der Waals surface area (Å²) in [4.78, 5) is 0. The van der Waals surface area contributed by atoms with E-state index in [1.807, 2.05) is 30.3 Å². The molecule has 2 aromatic rings. The molecular formula is C17H22Cl2N2O2. The molecule has 0 atom stereocenters. The third-order valence-electron chi connectivity index (χ3n) is 3.08. The molecule has 0 unspecified atom stereocenters. The van der Waals surface area contributed by atoms with Crippen LogP contribution in [0.25, 0.3) is 0 Å². The maximum Gasteiger partial charge on any atom is 0.122 e. The number of benzene rings is 2. The van der Waals surface area contributed by atoms with Crippen molar-refractivity contribution in [2.45, 2.75) is 13.0 Å². The molecule has 0 saturated heterocycles. The second-order valence-corrected chi connectivity index (χ2v) is 5.54. The molecule has 0 aromatic heterocycles. The zero-order valence-electron chi connectivity index (χ0n) is 13.3. The molecule has 0 radical (unpaired) electrons. The molecule has 2 rings (SSSR count). The van der Waals surface area contributed by atoms with Crippen molar-refractivity contribution >= 4 is 23.2 Å². The van der Waals surface area contributed by atoms with Crippen molar-refractivity contribution in [2.24, 2.45) is 11.5 Å². The maximum atomic E-state index is 5.87. The van der Waals surface area contributed by atoms with E-state index in [1.54, 1.807) is 20.3 Å². The molecule has 23 heavy (non-hydrogen) atoms. The quantitative estimate of drug-likeness (QED) is 0.857. The van der Waals surface area contributed by atoms with Crippen LogP contribution in [-0.4, -0.2) is 20.8 Å². The minimum atomic E-state index is 0.494. The third kappa shape index (κ3) is 6.67. The van der Waals surface area contributed by atoms with Gasteiger partial charge in [0.05, 0.1) is 14.2 Å². The number of halogens is 2. The van der Waals surface area contributed by atoms with Crippen molar-refractivity contribution in [1.82, 2.24) is 0 Å². The van der Waals surface area contributed by atoms with Crippen molar-refractivity contribution in [3.8, 4) is 11.5 Å². The Balaban J connectivity index is 0.000000231. The lowest BCUT2D eigenvalue weighted by atomic mass is 10.1. The van der Waals surface area contributed by atoms with Crippen molar-refractivity contribution in [1.29, 1.82) is 0 Å². The molecule has 0 heterocycles. The number of methoxy groups -OCH3 is 2. The average Bonchev–Trinajstić information content (AvgIpc) is 2.57. The first kappa shape index (κ1) is 19.6. The number of hydrogen-bond donors (Lipinski definition) is 2. The topological polar surface area (TPSA) is 70.5 Å².